The molecule has 0 amide bonds. The summed E-state index contributed by atoms with van der Waals surface area (Å²) < 4.78 is 30.6. The van der Waals surface area contributed by atoms with Gasteiger partial charge in [-0.2, -0.15) is 4.57 Å². The SMILES string of the molecule is CCCCCCCCCCCCCCCCOCC(CCP(=O)(O)OCC[n+]1ccsc1)OC. The van der Waals surface area contributed by atoms with E-state index in [1.54, 1.807) is 18.4 Å². The van der Waals surface area contributed by atoms with E-state index in [2.05, 4.69) is 6.92 Å². The molecule has 1 aromatic heterocycles. The molecule has 1 aromatic rings. The zero-order valence-corrected chi connectivity index (χ0v) is 23.5. The van der Waals surface area contributed by atoms with Crippen LogP contribution in [0.3, 0.4) is 0 Å². The summed E-state index contributed by atoms with van der Waals surface area (Å²) >= 11 is 1.58. The molecule has 0 spiro atoms. The molecule has 6 nitrogen and oxygen atoms in total. The molecule has 0 aliphatic heterocycles. The van der Waals surface area contributed by atoms with Crippen molar-refractivity contribution in [2.24, 2.45) is 0 Å². The van der Waals surface area contributed by atoms with E-state index in [9.17, 15) is 9.46 Å². The Morgan fingerprint density at radius 3 is 2.03 bits per heavy atom. The zero-order valence-electron chi connectivity index (χ0n) is 21.8. The van der Waals surface area contributed by atoms with Crippen LogP contribution < -0.4 is 4.57 Å². The average molecular weight is 521 g/mol. The standard InChI is InChI=1S/C26H50NO5PS/c1-3-4-5-6-7-8-9-10-11-12-13-14-15-16-20-31-24-26(30-2)17-22-33(28,29)32-21-18-27-19-23-34-25-27/h19,23,25-26H,3-18,20-22,24H2,1-2H3/p+1. The van der Waals surface area contributed by atoms with Crippen LogP contribution in [-0.2, 0) is 25.1 Å². The molecule has 2 unspecified atom stereocenters. The molecular weight excluding hydrogens is 469 g/mol. The van der Waals surface area contributed by atoms with E-state index in [4.69, 9.17) is 14.0 Å². The molecule has 1 rings (SSSR count). The quantitative estimate of drug-likeness (QED) is 0.0843. The van der Waals surface area contributed by atoms with Crippen LogP contribution in [-0.4, -0.2) is 44.1 Å². The van der Waals surface area contributed by atoms with E-state index in [0.29, 0.717) is 19.6 Å². The lowest BCUT2D eigenvalue weighted by Crippen LogP contribution is -2.32. The van der Waals surface area contributed by atoms with Crippen molar-refractivity contribution < 1.29 is 28.0 Å². The summed E-state index contributed by atoms with van der Waals surface area (Å²) in [5.41, 5.74) is 1.95. The highest BCUT2D eigenvalue weighted by Gasteiger charge is 2.22. The average Bonchev–Trinajstić information content (AvgIpc) is 3.34. The van der Waals surface area contributed by atoms with Gasteiger partial charge in [-0.25, -0.2) is 0 Å². The van der Waals surface area contributed by atoms with Crippen LogP contribution in [0.1, 0.15) is 103 Å². The van der Waals surface area contributed by atoms with Crippen molar-refractivity contribution in [1.29, 1.82) is 0 Å². The highest BCUT2D eigenvalue weighted by Crippen LogP contribution is 2.42. The van der Waals surface area contributed by atoms with E-state index in [1.807, 2.05) is 21.7 Å². The van der Waals surface area contributed by atoms with Gasteiger partial charge in [-0.3, -0.25) is 4.57 Å². The minimum atomic E-state index is -3.60. The Morgan fingerprint density at radius 1 is 0.912 bits per heavy atom. The third kappa shape index (κ3) is 19.0. The van der Waals surface area contributed by atoms with E-state index >= 15 is 0 Å². The van der Waals surface area contributed by atoms with E-state index in [1.165, 1.54) is 83.5 Å². The fourth-order valence-corrected chi connectivity index (χ4v) is 5.67. The minimum Gasteiger partial charge on any atom is -0.379 e. The van der Waals surface area contributed by atoms with Crippen LogP contribution >= 0.6 is 18.9 Å². The Kier molecular flexibility index (Phi) is 20.5. The molecule has 0 bridgehead atoms. The molecule has 2 atom stereocenters. The Bertz CT molecular complexity index is 602. The highest BCUT2D eigenvalue weighted by molar-refractivity contribution is 7.52. The molecule has 0 fully saturated rings. The number of hydrogen-bond donors (Lipinski definition) is 1. The van der Waals surface area contributed by atoms with Gasteiger partial charge in [0.2, 0.25) is 5.51 Å². The van der Waals surface area contributed by atoms with Crippen molar-refractivity contribution in [3.05, 3.63) is 17.1 Å². The van der Waals surface area contributed by atoms with Crippen molar-refractivity contribution in [1.82, 2.24) is 0 Å². The molecule has 34 heavy (non-hydrogen) atoms. The van der Waals surface area contributed by atoms with Crippen LogP contribution in [0.4, 0.5) is 0 Å². The highest BCUT2D eigenvalue weighted by atomic mass is 32.1. The first kappa shape index (κ1) is 31.7. The predicted molar refractivity (Wildman–Crippen MR) is 142 cm³/mol. The number of rotatable bonds is 25. The molecule has 1 N–H and O–H groups in total. The molecule has 0 saturated carbocycles. The molecule has 8 heteroatoms. The number of unbranched alkanes of at least 4 members (excludes halogenated alkanes) is 13. The maximum atomic E-state index is 12.2. The first-order chi connectivity index (χ1) is 16.6. The summed E-state index contributed by atoms with van der Waals surface area (Å²) in [6.45, 7) is 4.25. The van der Waals surface area contributed by atoms with Gasteiger partial charge in [-0.1, -0.05) is 102 Å². The van der Waals surface area contributed by atoms with Gasteiger partial charge < -0.3 is 18.9 Å². The topological polar surface area (TPSA) is 68.9 Å². The largest absolute Gasteiger partial charge is 0.379 e. The van der Waals surface area contributed by atoms with Gasteiger partial charge in [0.25, 0.3) is 0 Å². The van der Waals surface area contributed by atoms with E-state index in [-0.39, 0.29) is 18.9 Å². The molecule has 0 saturated heterocycles. The number of ether oxygens (including phenoxy) is 2. The summed E-state index contributed by atoms with van der Waals surface area (Å²) in [5.74, 6) is 0. The maximum Gasteiger partial charge on any atom is 0.328 e. The van der Waals surface area contributed by atoms with Gasteiger partial charge in [0.15, 0.2) is 12.7 Å². The lowest BCUT2D eigenvalue weighted by atomic mass is 10.0. The monoisotopic (exact) mass is 520 g/mol. The molecule has 0 aliphatic rings. The van der Waals surface area contributed by atoms with Crippen LogP contribution in [0.15, 0.2) is 17.1 Å². The van der Waals surface area contributed by atoms with Crippen LogP contribution in [0.2, 0.25) is 0 Å². The zero-order chi connectivity index (χ0) is 24.7. The Labute approximate surface area is 212 Å². The van der Waals surface area contributed by atoms with Crippen molar-refractivity contribution in [3.63, 3.8) is 0 Å². The summed E-state index contributed by atoms with van der Waals surface area (Å²) in [7, 11) is -1.98. The van der Waals surface area contributed by atoms with Crippen molar-refractivity contribution in [2.45, 2.75) is 116 Å². The summed E-state index contributed by atoms with van der Waals surface area (Å²) in [4.78, 5) is 10.0. The fraction of sp³-hybridized carbons (Fsp3) is 0.885. The maximum absolute atomic E-state index is 12.2. The van der Waals surface area contributed by atoms with E-state index < -0.39 is 7.60 Å². The fourth-order valence-electron chi connectivity index (χ4n) is 3.93. The Balaban J connectivity index is 1.89. The number of aromatic nitrogens is 1. The van der Waals surface area contributed by atoms with Crippen molar-refractivity contribution >= 4 is 18.9 Å². The molecule has 0 radical (unpaired) electrons. The lowest BCUT2D eigenvalue weighted by molar-refractivity contribution is -0.692. The molecule has 0 aromatic carbocycles. The van der Waals surface area contributed by atoms with Crippen molar-refractivity contribution in [2.75, 3.05) is 33.1 Å². The summed E-state index contributed by atoms with van der Waals surface area (Å²) in [5, 5.41) is 1.96. The molecule has 0 aliphatic carbocycles. The van der Waals surface area contributed by atoms with Gasteiger partial charge in [0, 0.05) is 13.7 Å². The van der Waals surface area contributed by atoms with E-state index in [0.717, 1.165) is 13.0 Å². The third-order valence-electron chi connectivity index (χ3n) is 6.18. The second kappa shape index (κ2) is 21.9. The Morgan fingerprint density at radius 2 is 1.50 bits per heavy atom. The molecule has 200 valence electrons. The normalized spacial score (nSPS) is 14.3. The lowest BCUT2D eigenvalue weighted by Gasteiger charge is -2.17. The first-order valence-electron chi connectivity index (χ1n) is 13.6. The Hall–Kier alpha value is -0.300. The van der Waals surface area contributed by atoms with Gasteiger partial charge in [0.1, 0.15) is 6.61 Å². The van der Waals surface area contributed by atoms with Crippen LogP contribution in [0, 0.1) is 0 Å². The molecule has 1 heterocycles. The minimum absolute atomic E-state index is 0.0853. The summed E-state index contributed by atoms with van der Waals surface area (Å²) in [6, 6.07) is 0. The van der Waals surface area contributed by atoms with Crippen molar-refractivity contribution in [3.8, 4) is 0 Å². The van der Waals surface area contributed by atoms with Gasteiger partial charge in [-0.15, -0.1) is 0 Å². The number of thiazole rings is 1. The third-order valence-corrected chi connectivity index (χ3v) is 8.26. The second-order valence-electron chi connectivity index (χ2n) is 9.28. The predicted octanol–water partition coefficient (Wildman–Crippen LogP) is 7.14. The molecular formula is C26H51NO5PS+. The number of nitrogens with zero attached hydrogens (tertiary/aromatic N) is 1. The van der Waals surface area contributed by atoms with Crippen LogP contribution in [0.5, 0.6) is 0 Å². The summed E-state index contributed by atoms with van der Waals surface area (Å²) in [6.07, 6.45) is 21.1. The van der Waals surface area contributed by atoms with Gasteiger partial charge in [0.05, 0.1) is 24.3 Å². The van der Waals surface area contributed by atoms with Crippen LogP contribution in [0.25, 0.3) is 0 Å². The smallest absolute Gasteiger partial charge is 0.328 e. The first-order valence-corrected chi connectivity index (χ1v) is 16.3. The number of hydrogen-bond acceptors (Lipinski definition) is 5. The second-order valence-corrected chi connectivity index (χ2v) is 12.0. The number of methoxy groups -OCH3 is 1. The van der Waals surface area contributed by atoms with Gasteiger partial charge >= 0.3 is 7.60 Å². The van der Waals surface area contributed by atoms with Gasteiger partial charge in [-0.05, 0) is 12.8 Å².